The van der Waals surface area contributed by atoms with Crippen LogP contribution in [0.1, 0.15) is 11.1 Å². The summed E-state index contributed by atoms with van der Waals surface area (Å²) in [4.78, 5) is 15.1. The number of benzene rings is 3. The van der Waals surface area contributed by atoms with Crippen molar-refractivity contribution in [3.05, 3.63) is 62.5 Å². The molecule has 3 rings (SSSR count). The van der Waals surface area contributed by atoms with E-state index in [0.29, 0.717) is 5.56 Å². The minimum atomic E-state index is -1.16. The summed E-state index contributed by atoms with van der Waals surface area (Å²) < 4.78 is -0.100. The molecule has 3 aromatic rings. The zero-order valence-corrected chi connectivity index (χ0v) is 16.8. The first-order valence-electron chi connectivity index (χ1n) is 7.69. The molecule has 0 bridgehead atoms. The van der Waals surface area contributed by atoms with Gasteiger partial charge in [0.15, 0.2) is 5.75 Å². The molecule has 3 aromatic carbocycles. The first kappa shape index (κ1) is 19.2. The normalized spacial score (nSPS) is 11.7. The second kappa shape index (κ2) is 7.58. The summed E-state index contributed by atoms with van der Waals surface area (Å²) in [7, 11) is 0. The number of halogens is 2. The molecule has 6 nitrogen and oxygen atoms in total. The number of hydrogen-bond donors (Lipinski definition) is 4. The Labute approximate surface area is 170 Å². The molecule has 0 unspecified atom stereocenters. The third kappa shape index (κ3) is 3.63. The number of aliphatic carboxylic acids is 1. The predicted molar refractivity (Wildman–Crippen MR) is 109 cm³/mol. The second-order valence-electron chi connectivity index (χ2n) is 5.67. The number of phenolic OH excluding ortho intramolecular Hbond substituents is 3. The molecule has 0 aromatic heterocycles. The van der Waals surface area contributed by atoms with Crippen LogP contribution in [0.15, 0.2) is 56.4 Å². The van der Waals surface area contributed by atoms with E-state index in [9.17, 15) is 20.1 Å². The quantitative estimate of drug-likeness (QED) is 0.402. The molecular formula is C19H13Br2NO5. The van der Waals surface area contributed by atoms with Gasteiger partial charge in [-0.3, -0.25) is 9.79 Å². The average molecular weight is 495 g/mol. The van der Waals surface area contributed by atoms with Crippen molar-refractivity contribution >= 4 is 54.3 Å². The smallest absolute Gasteiger partial charge is 0.325 e. The fourth-order valence-electron chi connectivity index (χ4n) is 2.67. The summed E-state index contributed by atoms with van der Waals surface area (Å²) in [6.07, 6.45) is 0. The van der Waals surface area contributed by atoms with E-state index >= 15 is 0 Å². The van der Waals surface area contributed by atoms with Crippen molar-refractivity contribution in [1.82, 2.24) is 0 Å². The number of aromatic hydroxyl groups is 3. The Morgan fingerprint density at radius 1 is 0.889 bits per heavy atom. The zero-order chi connectivity index (χ0) is 19.7. The van der Waals surface area contributed by atoms with Gasteiger partial charge >= 0.3 is 5.97 Å². The Morgan fingerprint density at radius 2 is 1.48 bits per heavy atom. The van der Waals surface area contributed by atoms with Crippen molar-refractivity contribution in [2.45, 2.75) is 0 Å². The Kier molecular flexibility index (Phi) is 5.38. The number of carbonyl (C=O) groups is 1. The van der Waals surface area contributed by atoms with Crippen LogP contribution < -0.4 is 0 Å². The van der Waals surface area contributed by atoms with Crippen LogP contribution in [0.2, 0.25) is 0 Å². The summed E-state index contributed by atoms with van der Waals surface area (Å²) in [6.45, 7) is -0.558. The lowest BCUT2D eigenvalue weighted by Gasteiger charge is -2.15. The molecule has 0 heterocycles. The number of hydrogen-bond acceptors (Lipinski definition) is 5. The highest BCUT2D eigenvalue weighted by atomic mass is 79.9. The highest BCUT2D eigenvalue weighted by molar-refractivity contribution is 9.11. The summed E-state index contributed by atoms with van der Waals surface area (Å²) in [6, 6.07) is 12.9. The lowest BCUT2D eigenvalue weighted by atomic mass is 9.97. The molecule has 0 radical (unpaired) electrons. The molecule has 0 aliphatic heterocycles. The van der Waals surface area contributed by atoms with Crippen LogP contribution in [0.5, 0.6) is 17.2 Å². The third-order valence-corrected chi connectivity index (χ3v) is 5.44. The third-order valence-electron chi connectivity index (χ3n) is 3.94. The molecule has 0 aliphatic rings. The monoisotopic (exact) mass is 493 g/mol. The van der Waals surface area contributed by atoms with E-state index in [2.05, 4.69) is 36.9 Å². The summed E-state index contributed by atoms with van der Waals surface area (Å²) in [5.41, 5.74) is 0.493. The second-order valence-corrected chi connectivity index (χ2v) is 7.26. The molecule has 0 fully saturated rings. The van der Waals surface area contributed by atoms with Gasteiger partial charge in [-0.25, -0.2) is 0 Å². The topological polar surface area (TPSA) is 110 Å². The molecule has 0 atom stereocenters. The number of aliphatic imine (C=N–C) groups is 1. The number of carboxylic acid groups (broad SMARTS) is 1. The number of rotatable bonds is 4. The largest absolute Gasteiger partial charge is 0.506 e. The van der Waals surface area contributed by atoms with E-state index < -0.39 is 24.0 Å². The maximum atomic E-state index is 11.0. The van der Waals surface area contributed by atoms with Gasteiger partial charge in [-0.1, -0.05) is 36.4 Å². The van der Waals surface area contributed by atoms with Gasteiger partial charge in [-0.05, 0) is 48.7 Å². The first-order chi connectivity index (χ1) is 12.8. The molecule has 0 saturated heterocycles. The molecular weight excluding hydrogens is 482 g/mol. The number of carboxylic acids is 1. The number of nitrogens with zero attached hydrogens (tertiary/aromatic N) is 1. The van der Waals surface area contributed by atoms with Gasteiger partial charge in [0.1, 0.15) is 27.0 Å². The Hall–Kier alpha value is -2.58. The van der Waals surface area contributed by atoms with E-state index in [1.807, 2.05) is 30.3 Å². The Balaban J connectivity index is 2.30. The maximum absolute atomic E-state index is 11.0. The van der Waals surface area contributed by atoms with Crippen LogP contribution in [0, 0.1) is 0 Å². The average Bonchev–Trinajstić information content (AvgIpc) is 2.66. The molecule has 138 valence electrons. The standard InChI is InChI=1S/C19H13Br2NO5/c20-14-17(25)13(18(26)15(21)19(14)27)16(22-8-12(23)24)11-6-5-9-3-1-2-4-10(9)7-11/h1-7,25-27H,8H2,(H,23,24). The lowest BCUT2D eigenvalue weighted by molar-refractivity contribution is -0.135. The first-order valence-corrected chi connectivity index (χ1v) is 9.27. The van der Waals surface area contributed by atoms with E-state index in [1.54, 1.807) is 12.1 Å². The molecule has 0 spiro atoms. The summed E-state index contributed by atoms with van der Waals surface area (Å²) in [5, 5.41) is 41.8. The zero-order valence-electron chi connectivity index (χ0n) is 13.6. The lowest BCUT2D eigenvalue weighted by Crippen LogP contribution is -2.10. The van der Waals surface area contributed by atoms with Crippen LogP contribution in [0.25, 0.3) is 10.8 Å². The van der Waals surface area contributed by atoms with Crippen molar-refractivity contribution in [2.24, 2.45) is 4.99 Å². The molecule has 0 saturated carbocycles. The van der Waals surface area contributed by atoms with Crippen molar-refractivity contribution in [3.8, 4) is 17.2 Å². The highest BCUT2D eigenvalue weighted by Gasteiger charge is 2.25. The van der Waals surface area contributed by atoms with E-state index in [0.717, 1.165) is 10.8 Å². The van der Waals surface area contributed by atoms with Gasteiger partial charge in [0.2, 0.25) is 0 Å². The number of fused-ring (bicyclic) bond motifs is 1. The van der Waals surface area contributed by atoms with Crippen molar-refractivity contribution < 1.29 is 25.2 Å². The Morgan fingerprint density at radius 3 is 2.07 bits per heavy atom. The van der Waals surface area contributed by atoms with Gasteiger partial charge in [0, 0.05) is 5.56 Å². The predicted octanol–water partition coefficient (Wildman–Crippen LogP) is 4.40. The van der Waals surface area contributed by atoms with Crippen molar-refractivity contribution in [3.63, 3.8) is 0 Å². The van der Waals surface area contributed by atoms with Crippen LogP contribution in [0.3, 0.4) is 0 Å². The van der Waals surface area contributed by atoms with Crippen molar-refractivity contribution in [2.75, 3.05) is 6.54 Å². The van der Waals surface area contributed by atoms with E-state index in [-0.39, 0.29) is 26.0 Å². The van der Waals surface area contributed by atoms with Gasteiger partial charge < -0.3 is 20.4 Å². The van der Waals surface area contributed by atoms with E-state index in [4.69, 9.17) is 5.11 Å². The minimum absolute atomic E-state index is 0.0500. The van der Waals surface area contributed by atoms with Crippen LogP contribution in [-0.4, -0.2) is 38.7 Å². The van der Waals surface area contributed by atoms with Gasteiger partial charge in [-0.2, -0.15) is 0 Å². The fraction of sp³-hybridized carbons (Fsp3) is 0.0526. The molecule has 27 heavy (non-hydrogen) atoms. The molecule has 0 amide bonds. The summed E-state index contributed by atoms with van der Waals surface area (Å²) in [5.74, 6) is -2.45. The van der Waals surface area contributed by atoms with Crippen LogP contribution in [-0.2, 0) is 4.79 Å². The van der Waals surface area contributed by atoms with Gasteiger partial charge in [-0.15, -0.1) is 0 Å². The van der Waals surface area contributed by atoms with Gasteiger partial charge in [0.05, 0.1) is 11.3 Å². The molecule has 4 N–H and O–H groups in total. The molecule has 8 heteroatoms. The van der Waals surface area contributed by atoms with Gasteiger partial charge in [0.25, 0.3) is 0 Å². The fourth-order valence-corrected chi connectivity index (χ4v) is 3.73. The SMILES string of the molecule is O=C(O)CN=C(c1ccc2ccccc2c1)c1c(O)c(Br)c(O)c(Br)c1O. The summed E-state index contributed by atoms with van der Waals surface area (Å²) >= 11 is 6.13. The van der Waals surface area contributed by atoms with E-state index in [1.165, 1.54) is 0 Å². The maximum Gasteiger partial charge on any atom is 0.325 e. The molecule has 0 aliphatic carbocycles. The van der Waals surface area contributed by atoms with Crippen LogP contribution in [0.4, 0.5) is 0 Å². The van der Waals surface area contributed by atoms with Crippen LogP contribution >= 0.6 is 31.9 Å². The highest BCUT2D eigenvalue weighted by Crippen LogP contribution is 2.48. The minimum Gasteiger partial charge on any atom is -0.506 e. The van der Waals surface area contributed by atoms with Crippen molar-refractivity contribution in [1.29, 1.82) is 0 Å². The Bertz CT molecular complexity index is 1070. The number of phenols is 3.